The summed E-state index contributed by atoms with van der Waals surface area (Å²) in [6, 6.07) is 79.9. The van der Waals surface area contributed by atoms with Crippen molar-refractivity contribution in [1.29, 1.82) is 0 Å². The fraction of sp³-hybridized carbons (Fsp3) is 0. The topological polar surface area (TPSA) is 21.1 Å². The second kappa shape index (κ2) is 14.4. The summed E-state index contributed by atoms with van der Waals surface area (Å²) in [6.45, 7) is 0. The van der Waals surface area contributed by atoms with Crippen LogP contribution in [0, 0.1) is 0 Å². The summed E-state index contributed by atoms with van der Waals surface area (Å²) in [7, 11) is 0. The molecule has 56 heavy (non-hydrogen) atoms. The third-order valence-corrected chi connectivity index (χ3v) is 10.7. The quantitative estimate of drug-likeness (QED) is 0.156. The zero-order valence-corrected chi connectivity index (χ0v) is 30.7. The van der Waals surface area contributed by atoms with Crippen LogP contribution in [0.2, 0.25) is 0 Å². The van der Waals surface area contributed by atoms with Gasteiger partial charge in [-0.3, -0.25) is 0 Å². The van der Waals surface area contributed by atoms with E-state index in [1.165, 1.54) is 43.8 Å². The maximum atomic E-state index is 5.14. The van der Waals surface area contributed by atoms with Crippen LogP contribution in [0.15, 0.2) is 224 Å². The molecule has 0 aliphatic carbocycles. The summed E-state index contributed by atoms with van der Waals surface area (Å²) in [6.07, 6.45) is 0. The van der Waals surface area contributed by atoms with Gasteiger partial charge in [0.05, 0.1) is 17.1 Å². The Balaban J connectivity index is 1.06. The van der Waals surface area contributed by atoms with Gasteiger partial charge in [-0.25, -0.2) is 4.68 Å². The summed E-state index contributed by atoms with van der Waals surface area (Å²) in [4.78, 5) is 2.33. The molecule has 0 atom stereocenters. The van der Waals surface area contributed by atoms with Crippen molar-refractivity contribution < 1.29 is 0 Å². The molecule has 3 nitrogen and oxygen atoms in total. The van der Waals surface area contributed by atoms with Crippen molar-refractivity contribution in [2.45, 2.75) is 0 Å². The van der Waals surface area contributed by atoms with E-state index in [2.05, 4.69) is 228 Å². The first kappa shape index (κ1) is 33.1. The van der Waals surface area contributed by atoms with Crippen molar-refractivity contribution >= 4 is 38.6 Å². The molecule has 0 radical (unpaired) electrons. The van der Waals surface area contributed by atoms with Crippen LogP contribution in [0.1, 0.15) is 0 Å². The number of benzene rings is 9. The minimum Gasteiger partial charge on any atom is -0.311 e. The number of hydrogen-bond donors (Lipinski definition) is 0. The van der Waals surface area contributed by atoms with E-state index < -0.39 is 0 Å². The number of fused-ring (bicyclic) bond motifs is 2. The van der Waals surface area contributed by atoms with Crippen LogP contribution in [-0.2, 0) is 0 Å². The van der Waals surface area contributed by atoms with Gasteiger partial charge in [-0.2, -0.15) is 5.10 Å². The van der Waals surface area contributed by atoms with Gasteiger partial charge in [0.15, 0.2) is 0 Å². The lowest BCUT2D eigenvalue weighted by atomic mass is 9.97. The van der Waals surface area contributed by atoms with Crippen LogP contribution in [0.5, 0.6) is 0 Å². The van der Waals surface area contributed by atoms with E-state index in [1.807, 2.05) is 6.07 Å². The first-order valence-electron chi connectivity index (χ1n) is 19.0. The third-order valence-electron chi connectivity index (χ3n) is 10.7. The summed E-state index contributed by atoms with van der Waals surface area (Å²) in [5.41, 5.74) is 13.2. The number of anilines is 3. The number of hydrogen-bond acceptors (Lipinski definition) is 2. The number of nitrogens with zero attached hydrogens (tertiary/aromatic N) is 3. The molecule has 1 aromatic heterocycles. The molecule has 0 spiro atoms. The van der Waals surface area contributed by atoms with Gasteiger partial charge in [0.25, 0.3) is 0 Å². The molecule has 0 N–H and O–H groups in total. The standard InChI is InChI=1S/C53H37N3/c1-3-15-42(16-4-1)52-37-53(43-17-5-2-6-18-43)56(54-52)47-35-33-46(34-36-47)55(44-29-25-40(26-30-44)50-23-11-19-38-13-7-9-21-48(38)50)45-31-27-41(28-32-45)51-24-12-20-39-14-8-10-22-49(39)51/h1-37H. The molecule has 0 saturated carbocycles. The first-order chi connectivity index (χ1) is 27.8. The lowest BCUT2D eigenvalue weighted by Crippen LogP contribution is -2.10. The highest BCUT2D eigenvalue weighted by Crippen LogP contribution is 2.39. The predicted molar refractivity (Wildman–Crippen MR) is 235 cm³/mol. The molecule has 0 aliphatic rings. The third kappa shape index (κ3) is 6.21. The molecular formula is C53H37N3. The highest BCUT2D eigenvalue weighted by Gasteiger charge is 2.17. The fourth-order valence-corrected chi connectivity index (χ4v) is 7.87. The Morgan fingerprint density at radius 2 is 0.768 bits per heavy atom. The fourth-order valence-electron chi connectivity index (χ4n) is 7.87. The van der Waals surface area contributed by atoms with Gasteiger partial charge in [-0.1, -0.05) is 170 Å². The second-order valence-electron chi connectivity index (χ2n) is 14.1. The zero-order valence-electron chi connectivity index (χ0n) is 30.7. The van der Waals surface area contributed by atoms with E-state index in [0.29, 0.717) is 0 Å². The Labute approximate surface area is 327 Å². The van der Waals surface area contributed by atoms with E-state index in [0.717, 1.165) is 45.3 Å². The van der Waals surface area contributed by atoms with Crippen molar-refractivity contribution in [2.24, 2.45) is 0 Å². The van der Waals surface area contributed by atoms with Gasteiger partial charge >= 0.3 is 0 Å². The Bertz CT molecular complexity index is 2800. The van der Waals surface area contributed by atoms with Crippen molar-refractivity contribution in [1.82, 2.24) is 9.78 Å². The minimum absolute atomic E-state index is 0.938. The highest BCUT2D eigenvalue weighted by molar-refractivity contribution is 5.98. The monoisotopic (exact) mass is 715 g/mol. The Hall–Kier alpha value is -7.49. The number of rotatable bonds is 8. The molecule has 10 rings (SSSR count). The van der Waals surface area contributed by atoms with Crippen molar-refractivity contribution in [3.63, 3.8) is 0 Å². The van der Waals surface area contributed by atoms with Crippen LogP contribution in [0.4, 0.5) is 17.1 Å². The molecular weight excluding hydrogens is 679 g/mol. The van der Waals surface area contributed by atoms with Gasteiger partial charge in [0, 0.05) is 28.2 Å². The summed E-state index contributed by atoms with van der Waals surface area (Å²) in [5.74, 6) is 0. The molecule has 9 aromatic carbocycles. The van der Waals surface area contributed by atoms with Crippen molar-refractivity contribution in [3.05, 3.63) is 224 Å². The van der Waals surface area contributed by atoms with Gasteiger partial charge < -0.3 is 4.90 Å². The van der Waals surface area contributed by atoms with Gasteiger partial charge in [0.2, 0.25) is 0 Å². The minimum atomic E-state index is 0.938. The predicted octanol–water partition coefficient (Wildman–Crippen LogP) is 14.3. The first-order valence-corrected chi connectivity index (χ1v) is 19.0. The second-order valence-corrected chi connectivity index (χ2v) is 14.1. The molecule has 0 aliphatic heterocycles. The van der Waals surface area contributed by atoms with Crippen LogP contribution < -0.4 is 4.90 Å². The lowest BCUT2D eigenvalue weighted by molar-refractivity contribution is 0.892. The van der Waals surface area contributed by atoms with Crippen molar-refractivity contribution in [2.75, 3.05) is 4.90 Å². The van der Waals surface area contributed by atoms with E-state index >= 15 is 0 Å². The van der Waals surface area contributed by atoms with E-state index in [1.54, 1.807) is 0 Å². The van der Waals surface area contributed by atoms with E-state index in [-0.39, 0.29) is 0 Å². The van der Waals surface area contributed by atoms with Gasteiger partial charge in [0.1, 0.15) is 0 Å². The van der Waals surface area contributed by atoms with E-state index in [4.69, 9.17) is 5.10 Å². The maximum Gasteiger partial charge on any atom is 0.0934 e. The largest absolute Gasteiger partial charge is 0.311 e. The summed E-state index contributed by atoms with van der Waals surface area (Å²) in [5, 5.41) is 10.1. The molecule has 0 fully saturated rings. The maximum absolute atomic E-state index is 5.14. The van der Waals surface area contributed by atoms with Gasteiger partial charge in [-0.15, -0.1) is 0 Å². The summed E-state index contributed by atoms with van der Waals surface area (Å²) < 4.78 is 2.06. The summed E-state index contributed by atoms with van der Waals surface area (Å²) >= 11 is 0. The molecule has 1 heterocycles. The average Bonchev–Trinajstić information content (AvgIpc) is 3.73. The van der Waals surface area contributed by atoms with Crippen LogP contribution in [0.25, 0.3) is 72.0 Å². The zero-order chi connectivity index (χ0) is 37.3. The normalized spacial score (nSPS) is 11.2. The molecule has 0 unspecified atom stereocenters. The van der Waals surface area contributed by atoms with Crippen LogP contribution in [0.3, 0.4) is 0 Å². The lowest BCUT2D eigenvalue weighted by Gasteiger charge is -2.26. The SMILES string of the molecule is c1ccc(-c2cc(-c3ccccc3)n(-c3ccc(N(c4ccc(-c5cccc6ccccc56)cc4)c4ccc(-c5cccc6ccccc56)cc4)cc3)n2)cc1. The smallest absolute Gasteiger partial charge is 0.0934 e. The Kier molecular flexibility index (Phi) is 8.51. The van der Waals surface area contributed by atoms with Crippen molar-refractivity contribution in [3.8, 4) is 50.5 Å². The molecule has 10 aromatic rings. The molecule has 264 valence electrons. The van der Waals surface area contributed by atoms with Crippen LogP contribution in [-0.4, -0.2) is 9.78 Å². The average molecular weight is 716 g/mol. The molecule has 0 amide bonds. The molecule has 3 heteroatoms. The Morgan fingerprint density at radius 3 is 1.29 bits per heavy atom. The molecule has 0 saturated heterocycles. The highest BCUT2D eigenvalue weighted by atomic mass is 15.3. The molecule has 0 bridgehead atoms. The number of aromatic nitrogens is 2. The van der Waals surface area contributed by atoms with E-state index in [9.17, 15) is 0 Å². The Morgan fingerprint density at radius 1 is 0.339 bits per heavy atom. The van der Waals surface area contributed by atoms with Crippen LogP contribution >= 0.6 is 0 Å². The van der Waals surface area contributed by atoms with Gasteiger partial charge in [-0.05, 0) is 98.4 Å².